The summed E-state index contributed by atoms with van der Waals surface area (Å²) in [4.78, 5) is 19.0. The second-order valence-electron chi connectivity index (χ2n) is 8.12. The average Bonchev–Trinajstić information content (AvgIpc) is 3.13. The molecule has 3 heterocycles. The molecule has 3 aromatic rings. The number of likely N-dealkylation sites (tertiary alicyclic amines) is 1. The van der Waals surface area contributed by atoms with Gasteiger partial charge in [0.05, 0.1) is 5.52 Å². The Balaban J connectivity index is 1.50. The molecule has 0 bridgehead atoms. The number of benzene rings is 1. The lowest BCUT2D eigenvalue weighted by molar-refractivity contribution is 0.0904. The molecule has 1 aromatic carbocycles. The van der Waals surface area contributed by atoms with Crippen molar-refractivity contribution in [2.24, 2.45) is 5.92 Å². The van der Waals surface area contributed by atoms with Crippen LogP contribution in [0.3, 0.4) is 0 Å². The van der Waals surface area contributed by atoms with Crippen LogP contribution in [0.4, 0.5) is 4.39 Å². The normalized spacial score (nSPS) is 15.9. The van der Waals surface area contributed by atoms with E-state index in [0.29, 0.717) is 28.1 Å². The molecule has 0 aliphatic carbocycles. The molecule has 0 radical (unpaired) electrons. The van der Waals surface area contributed by atoms with Crippen molar-refractivity contribution in [1.82, 2.24) is 25.4 Å². The van der Waals surface area contributed by atoms with Gasteiger partial charge in [-0.05, 0) is 48.6 Å². The maximum Gasteiger partial charge on any atom is 0.272 e. The van der Waals surface area contributed by atoms with Crippen molar-refractivity contribution in [3.63, 3.8) is 0 Å². The number of H-pyrrole nitrogens is 1. The van der Waals surface area contributed by atoms with Crippen LogP contribution in [0, 0.1) is 11.9 Å². The first kappa shape index (κ1) is 19.5. The Kier molecular flexibility index (Phi) is 5.58. The van der Waals surface area contributed by atoms with Crippen molar-refractivity contribution in [1.29, 1.82) is 0 Å². The van der Waals surface area contributed by atoms with E-state index in [1.165, 1.54) is 6.20 Å². The fourth-order valence-corrected chi connectivity index (χ4v) is 3.99. The zero-order chi connectivity index (χ0) is 20.4. The molecule has 0 spiro atoms. The van der Waals surface area contributed by atoms with Crippen molar-refractivity contribution in [2.45, 2.75) is 32.7 Å². The SMILES string of the molecule is CC(C)CN1CCC(NC(=O)c2n[nH]c3ccc(-c4cccnc4F)cc23)CC1. The van der Waals surface area contributed by atoms with Gasteiger partial charge in [-0.1, -0.05) is 19.9 Å². The monoisotopic (exact) mass is 395 g/mol. The first-order valence-electron chi connectivity index (χ1n) is 10.1. The number of carbonyl (C=O) groups is 1. The molecule has 1 amide bonds. The predicted octanol–water partition coefficient (Wildman–Crippen LogP) is 3.61. The minimum atomic E-state index is -0.533. The molecule has 0 unspecified atom stereocenters. The van der Waals surface area contributed by atoms with Crippen molar-refractivity contribution in [3.8, 4) is 11.1 Å². The summed E-state index contributed by atoms with van der Waals surface area (Å²) in [6.07, 6.45) is 3.29. The van der Waals surface area contributed by atoms with Crippen LogP contribution in [0.1, 0.15) is 37.2 Å². The van der Waals surface area contributed by atoms with Crippen LogP contribution in [0.25, 0.3) is 22.0 Å². The van der Waals surface area contributed by atoms with E-state index in [4.69, 9.17) is 0 Å². The Hall–Kier alpha value is -2.80. The van der Waals surface area contributed by atoms with Gasteiger partial charge in [0.2, 0.25) is 5.95 Å². The van der Waals surface area contributed by atoms with Crippen LogP contribution >= 0.6 is 0 Å². The lowest BCUT2D eigenvalue weighted by atomic mass is 10.0. The molecule has 2 N–H and O–H groups in total. The van der Waals surface area contributed by atoms with Gasteiger partial charge in [0, 0.05) is 42.8 Å². The molecular weight excluding hydrogens is 369 g/mol. The Morgan fingerprint density at radius 1 is 1.31 bits per heavy atom. The van der Waals surface area contributed by atoms with Gasteiger partial charge < -0.3 is 10.2 Å². The summed E-state index contributed by atoms with van der Waals surface area (Å²) in [5.74, 6) is -0.0766. The lowest BCUT2D eigenvalue weighted by Gasteiger charge is -2.33. The van der Waals surface area contributed by atoms with Crippen molar-refractivity contribution in [2.75, 3.05) is 19.6 Å². The molecule has 1 saturated heterocycles. The molecule has 7 heteroatoms. The zero-order valence-corrected chi connectivity index (χ0v) is 16.8. The quantitative estimate of drug-likeness (QED) is 0.647. The molecule has 1 aliphatic rings. The Morgan fingerprint density at radius 3 is 2.83 bits per heavy atom. The minimum Gasteiger partial charge on any atom is -0.348 e. The van der Waals surface area contributed by atoms with E-state index in [1.54, 1.807) is 24.3 Å². The number of amides is 1. The van der Waals surface area contributed by atoms with Gasteiger partial charge in [-0.3, -0.25) is 9.89 Å². The second kappa shape index (κ2) is 8.29. The van der Waals surface area contributed by atoms with E-state index < -0.39 is 5.95 Å². The van der Waals surface area contributed by atoms with E-state index in [9.17, 15) is 9.18 Å². The summed E-state index contributed by atoms with van der Waals surface area (Å²) in [5.41, 5.74) is 2.16. The number of pyridine rings is 1. The number of rotatable bonds is 5. The third kappa shape index (κ3) is 4.29. The van der Waals surface area contributed by atoms with E-state index in [-0.39, 0.29) is 11.9 Å². The third-order valence-corrected chi connectivity index (χ3v) is 5.39. The van der Waals surface area contributed by atoms with E-state index in [1.807, 2.05) is 6.07 Å². The highest BCUT2D eigenvalue weighted by Gasteiger charge is 2.23. The third-order valence-electron chi connectivity index (χ3n) is 5.39. The van der Waals surface area contributed by atoms with E-state index in [2.05, 4.69) is 39.2 Å². The number of hydrogen-bond acceptors (Lipinski definition) is 4. The molecule has 2 aromatic heterocycles. The van der Waals surface area contributed by atoms with Gasteiger partial charge in [0.25, 0.3) is 5.91 Å². The molecule has 152 valence electrons. The minimum absolute atomic E-state index is 0.150. The summed E-state index contributed by atoms with van der Waals surface area (Å²) in [7, 11) is 0. The first-order chi connectivity index (χ1) is 14.0. The van der Waals surface area contributed by atoms with Crippen LogP contribution < -0.4 is 5.32 Å². The average molecular weight is 395 g/mol. The summed E-state index contributed by atoms with van der Waals surface area (Å²) in [6, 6.07) is 8.92. The Morgan fingerprint density at radius 2 is 2.10 bits per heavy atom. The van der Waals surface area contributed by atoms with Crippen molar-refractivity contribution >= 4 is 16.8 Å². The number of piperidine rings is 1. The van der Waals surface area contributed by atoms with Gasteiger partial charge in [0.15, 0.2) is 5.69 Å². The maximum atomic E-state index is 14.1. The van der Waals surface area contributed by atoms with Gasteiger partial charge in [-0.25, -0.2) is 4.98 Å². The Bertz CT molecular complexity index is 1010. The van der Waals surface area contributed by atoms with Crippen LogP contribution in [0.15, 0.2) is 36.5 Å². The number of hydrogen-bond donors (Lipinski definition) is 2. The van der Waals surface area contributed by atoms with Crippen LogP contribution in [0.5, 0.6) is 0 Å². The standard InChI is InChI=1S/C22H26FN5O/c1-14(2)13-28-10-7-16(8-11-28)25-22(29)20-18-12-15(5-6-19(18)26-27-20)17-4-3-9-24-21(17)23/h3-6,9,12,14,16H,7-8,10-11,13H2,1-2H3,(H,25,29)(H,26,27). The highest BCUT2D eigenvalue weighted by Crippen LogP contribution is 2.26. The highest BCUT2D eigenvalue weighted by molar-refractivity contribution is 6.05. The molecule has 1 fully saturated rings. The van der Waals surface area contributed by atoms with Crippen molar-refractivity contribution in [3.05, 3.63) is 48.2 Å². The lowest BCUT2D eigenvalue weighted by Crippen LogP contribution is -2.45. The van der Waals surface area contributed by atoms with Crippen molar-refractivity contribution < 1.29 is 9.18 Å². The Labute approximate surface area is 169 Å². The van der Waals surface area contributed by atoms with E-state index >= 15 is 0 Å². The summed E-state index contributed by atoms with van der Waals surface area (Å²) < 4.78 is 14.1. The smallest absolute Gasteiger partial charge is 0.272 e. The van der Waals surface area contributed by atoms with Gasteiger partial charge in [-0.15, -0.1) is 0 Å². The topological polar surface area (TPSA) is 73.9 Å². The molecule has 0 saturated carbocycles. The van der Waals surface area contributed by atoms with Crippen LogP contribution in [-0.4, -0.2) is 51.7 Å². The van der Waals surface area contributed by atoms with Gasteiger partial charge >= 0.3 is 0 Å². The molecular formula is C22H26FN5O. The molecule has 4 rings (SSSR count). The summed E-state index contributed by atoms with van der Waals surface area (Å²) in [6.45, 7) is 7.53. The number of halogens is 1. The fourth-order valence-electron chi connectivity index (χ4n) is 3.99. The predicted molar refractivity (Wildman–Crippen MR) is 111 cm³/mol. The molecule has 29 heavy (non-hydrogen) atoms. The maximum absolute atomic E-state index is 14.1. The largest absolute Gasteiger partial charge is 0.348 e. The highest BCUT2D eigenvalue weighted by atomic mass is 19.1. The first-order valence-corrected chi connectivity index (χ1v) is 10.1. The number of aromatic amines is 1. The second-order valence-corrected chi connectivity index (χ2v) is 8.12. The van der Waals surface area contributed by atoms with E-state index in [0.717, 1.165) is 38.0 Å². The molecule has 6 nitrogen and oxygen atoms in total. The summed E-state index contributed by atoms with van der Waals surface area (Å²) >= 11 is 0. The molecule has 0 atom stereocenters. The van der Waals surface area contributed by atoms with Crippen LogP contribution in [0.2, 0.25) is 0 Å². The van der Waals surface area contributed by atoms with Gasteiger partial charge in [-0.2, -0.15) is 9.49 Å². The molecule has 1 aliphatic heterocycles. The number of aromatic nitrogens is 3. The number of fused-ring (bicyclic) bond motifs is 1. The van der Waals surface area contributed by atoms with Gasteiger partial charge in [0.1, 0.15) is 0 Å². The number of nitrogens with one attached hydrogen (secondary N) is 2. The number of carbonyl (C=O) groups excluding carboxylic acids is 1. The van der Waals surface area contributed by atoms with Crippen LogP contribution in [-0.2, 0) is 0 Å². The summed E-state index contributed by atoms with van der Waals surface area (Å²) in [5, 5.41) is 10.9. The number of nitrogens with zero attached hydrogens (tertiary/aromatic N) is 3. The zero-order valence-electron chi connectivity index (χ0n) is 16.8. The fraction of sp³-hybridized carbons (Fsp3) is 0.409.